The molecule has 0 bridgehead atoms. The molecule has 0 unspecified atom stereocenters. The maximum absolute atomic E-state index is 12.5. The minimum absolute atomic E-state index is 0.0577. The molecule has 2 heterocycles. The summed E-state index contributed by atoms with van der Waals surface area (Å²) in [5.74, 6) is 1.57. The minimum Gasteiger partial charge on any atom is -0.495 e. The summed E-state index contributed by atoms with van der Waals surface area (Å²) in [7, 11) is 1.58. The number of ether oxygens (including phenoxy) is 2. The van der Waals surface area contributed by atoms with Crippen LogP contribution in [0.15, 0.2) is 36.4 Å². The molecule has 2 aromatic rings. The van der Waals surface area contributed by atoms with Crippen molar-refractivity contribution >= 4 is 23.2 Å². The molecule has 2 aliphatic rings. The van der Waals surface area contributed by atoms with E-state index in [1.165, 1.54) is 11.1 Å². The van der Waals surface area contributed by atoms with E-state index in [1.54, 1.807) is 25.3 Å². The van der Waals surface area contributed by atoms with Crippen LogP contribution in [0.1, 0.15) is 11.1 Å². The number of hydrogen-bond acceptors (Lipinski definition) is 5. The van der Waals surface area contributed by atoms with Gasteiger partial charge in [0.05, 0.1) is 25.9 Å². The standard InChI is InChI=1S/C22H26ClN3O3/c1-28-21-5-3-18(23)13-19(21)24-22(27)15-26-9-7-25(8-10-26)14-16-2-4-20-17(12-16)6-11-29-20/h2-5,12-13H,6-11,14-15H2,1H3,(H,24,27). The van der Waals surface area contributed by atoms with Crippen molar-refractivity contribution < 1.29 is 14.3 Å². The molecule has 1 saturated heterocycles. The molecule has 4 rings (SSSR count). The fraction of sp³-hybridized carbons (Fsp3) is 0.409. The number of carbonyl (C=O) groups excluding carboxylic acids is 1. The second-order valence-corrected chi connectivity index (χ2v) is 7.92. The second kappa shape index (κ2) is 9.03. The van der Waals surface area contributed by atoms with Crippen LogP contribution in [0.25, 0.3) is 0 Å². The van der Waals surface area contributed by atoms with Crippen molar-refractivity contribution in [2.24, 2.45) is 0 Å². The summed E-state index contributed by atoms with van der Waals surface area (Å²) in [5, 5.41) is 3.47. The number of anilines is 1. The van der Waals surface area contributed by atoms with Crippen molar-refractivity contribution in [3.63, 3.8) is 0 Å². The lowest BCUT2D eigenvalue weighted by molar-refractivity contribution is -0.117. The van der Waals surface area contributed by atoms with Gasteiger partial charge in [0.2, 0.25) is 5.91 Å². The van der Waals surface area contributed by atoms with E-state index in [0.29, 0.717) is 23.0 Å². The van der Waals surface area contributed by atoms with Gasteiger partial charge in [-0.3, -0.25) is 14.6 Å². The Balaban J connectivity index is 1.25. The molecule has 1 N–H and O–H groups in total. The molecule has 0 radical (unpaired) electrons. The Labute approximate surface area is 176 Å². The summed E-state index contributed by atoms with van der Waals surface area (Å²) in [5.41, 5.74) is 3.24. The van der Waals surface area contributed by atoms with Gasteiger partial charge in [-0.25, -0.2) is 0 Å². The molecule has 29 heavy (non-hydrogen) atoms. The van der Waals surface area contributed by atoms with Crippen molar-refractivity contribution in [3.05, 3.63) is 52.5 Å². The molecule has 1 fully saturated rings. The molecular weight excluding hydrogens is 390 g/mol. The first-order valence-corrected chi connectivity index (χ1v) is 10.3. The molecule has 0 aliphatic carbocycles. The van der Waals surface area contributed by atoms with Gasteiger partial charge in [0.15, 0.2) is 0 Å². The highest BCUT2D eigenvalue weighted by atomic mass is 35.5. The van der Waals surface area contributed by atoms with Gasteiger partial charge in [0.25, 0.3) is 0 Å². The highest BCUT2D eigenvalue weighted by Crippen LogP contribution is 2.28. The lowest BCUT2D eigenvalue weighted by atomic mass is 10.1. The zero-order chi connectivity index (χ0) is 20.2. The van der Waals surface area contributed by atoms with Crippen LogP contribution in [0, 0.1) is 0 Å². The molecule has 154 valence electrons. The number of fused-ring (bicyclic) bond motifs is 1. The predicted molar refractivity (Wildman–Crippen MR) is 114 cm³/mol. The molecule has 0 atom stereocenters. The summed E-state index contributed by atoms with van der Waals surface area (Å²) in [6.07, 6.45) is 1.00. The Morgan fingerprint density at radius 2 is 1.93 bits per heavy atom. The van der Waals surface area contributed by atoms with Gasteiger partial charge in [-0.2, -0.15) is 0 Å². The number of methoxy groups -OCH3 is 1. The normalized spacial score (nSPS) is 16.9. The van der Waals surface area contributed by atoms with Crippen LogP contribution in [0.4, 0.5) is 5.69 Å². The SMILES string of the molecule is COc1ccc(Cl)cc1NC(=O)CN1CCN(Cc2ccc3c(c2)CCO3)CC1. The average Bonchev–Trinajstić information content (AvgIpc) is 3.17. The van der Waals surface area contributed by atoms with Gasteiger partial charge >= 0.3 is 0 Å². The Bertz CT molecular complexity index is 882. The van der Waals surface area contributed by atoms with Crippen molar-refractivity contribution in [1.29, 1.82) is 0 Å². The van der Waals surface area contributed by atoms with Crippen LogP contribution in [-0.4, -0.2) is 62.1 Å². The zero-order valence-corrected chi connectivity index (χ0v) is 17.4. The van der Waals surface area contributed by atoms with Crippen molar-refractivity contribution in [2.75, 3.05) is 51.8 Å². The van der Waals surface area contributed by atoms with E-state index < -0.39 is 0 Å². The fourth-order valence-corrected chi connectivity index (χ4v) is 4.04. The third kappa shape index (κ3) is 5.01. The Morgan fingerprint density at radius 3 is 2.72 bits per heavy atom. The lowest BCUT2D eigenvalue weighted by Crippen LogP contribution is -2.48. The van der Waals surface area contributed by atoms with Gasteiger partial charge < -0.3 is 14.8 Å². The lowest BCUT2D eigenvalue weighted by Gasteiger charge is -2.34. The number of amides is 1. The maximum atomic E-state index is 12.5. The predicted octanol–water partition coefficient (Wildman–Crippen LogP) is 3.04. The first kappa shape index (κ1) is 20.0. The van der Waals surface area contributed by atoms with E-state index in [1.807, 2.05) is 0 Å². The van der Waals surface area contributed by atoms with Crippen LogP contribution in [0.2, 0.25) is 5.02 Å². The largest absolute Gasteiger partial charge is 0.495 e. The number of nitrogens with one attached hydrogen (secondary N) is 1. The first-order valence-electron chi connectivity index (χ1n) is 9.93. The monoisotopic (exact) mass is 415 g/mol. The molecule has 2 aromatic carbocycles. The average molecular weight is 416 g/mol. The fourth-order valence-electron chi connectivity index (χ4n) is 3.87. The molecule has 0 spiro atoms. The molecule has 0 saturated carbocycles. The Hall–Kier alpha value is -2.28. The molecule has 7 heteroatoms. The summed E-state index contributed by atoms with van der Waals surface area (Å²) < 4.78 is 10.9. The van der Waals surface area contributed by atoms with E-state index in [9.17, 15) is 4.79 Å². The third-order valence-electron chi connectivity index (χ3n) is 5.43. The summed E-state index contributed by atoms with van der Waals surface area (Å²) in [6.45, 7) is 5.72. The van der Waals surface area contributed by atoms with Crippen molar-refractivity contribution in [3.8, 4) is 11.5 Å². The third-order valence-corrected chi connectivity index (χ3v) is 5.66. The summed E-state index contributed by atoms with van der Waals surface area (Å²) in [4.78, 5) is 17.1. The quantitative estimate of drug-likeness (QED) is 0.785. The number of benzene rings is 2. The molecule has 6 nitrogen and oxygen atoms in total. The van der Waals surface area contributed by atoms with Crippen LogP contribution in [0.3, 0.4) is 0 Å². The van der Waals surface area contributed by atoms with Crippen LogP contribution < -0.4 is 14.8 Å². The zero-order valence-electron chi connectivity index (χ0n) is 16.6. The molecule has 2 aliphatic heterocycles. The summed E-state index contributed by atoms with van der Waals surface area (Å²) in [6, 6.07) is 11.7. The molecule has 0 aromatic heterocycles. The van der Waals surface area contributed by atoms with E-state index in [2.05, 4.69) is 33.3 Å². The van der Waals surface area contributed by atoms with E-state index in [-0.39, 0.29) is 5.91 Å². The van der Waals surface area contributed by atoms with Crippen LogP contribution in [-0.2, 0) is 17.8 Å². The topological polar surface area (TPSA) is 54.0 Å². The minimum atomic E-state index is -0.0577. The van der Waals surface area contributed by atoms with E-state index in [4.69, 9.17) is 21.1 Å². The maximum Gasteiger partial charge on any atom is 0.238 e. The number of carbonyl (C=O) groups is 1. The second-order valence-electron chi connectivity index (χ2n) is 7.49. The first-order chi connectivity index (χ1) is 14.1. The number of piperazine rings is 1. The van der Waals surface area contributed by atoms with Gasteiger partial charge in [-0.15, -0.1) is 0 Å². The van der Waals surface area contributed by atoms with Crippen LogP contribution >= 0.6 is 11.6 Å². The van der Waals surface area contributed by atoms with Gasteiger partial charge in [0.1, 0.15) is 11.5 Å². The van der Waals surface area contributed by atoms with Gasteiger partial charge in [-0.05, 0) is 35.4 Å². The number of halogens is 1. The molecular formula is C22H26ClN3O3. The highest BCUT2D eigenvalue weighted by molar-refractivity contribution is 6.31. The van der Waals surface area contributed by atoms with E-state index in [0.717, 1.165) is 51.5 Å². The van der Waals surface area contributed by atoms with Crippen molar-refractivity contribution in [1.82, 2.24) is 9.80 Å². The summed E-state index contributed by atoms with van der Waals surface area (Å²) >= 11 is 6.03. The van der Waals surface area contributed by atoms with E-state index >= 15 is 0 Å². The number of nitrogens with zero attached hydrogens (tertiary/aromatic N) is 2. The number of hydrogen-bond donors (Lipinski definition) is 1. The number of rotatable bonds is 6. The van der Waals surface area contributed by atoms with Gasteiger partial charge in [-0.1, -0.05) is 23.7 Å². The van der Waals surface area contributed by atoms with Gasteiger partial charge in [0, 0.05) is 44.2 Å². The Morgan fingerprint density at radius 1 is 1.14 bits per heavy atom. The Kier molecular flexibility index (Phi) is 6.23. The molecule has 1 amide bonds. The highest BCUT2D eigenvalue weighted by Gasteiger charge is 2.20. The smallest absolute Gasteiger partial charge is 0.238 e. The van der Waals surface area contributed by atoms with Crippen LogP contribution in [0.5, 0.6) is 11.5 Å². The van der Waals surface area contributed by atoms with Crippen molar-refractivity contribution in [2.45, 2.75) is 13.0 Å².